The van der Waals surface area contributed by atoms with E-state index in [1.165, 1.54) is 12.1 Å². The van der Waals surface area contributed by atoms with Crippen molar-refractivity contribution in [3.63, 3.8) is 0 Å². The Hall–Kier alpha value is -2.87. The van der Waals surface area contributed by atoms with E-state index in [2.05, 4.69) is 5.32 Å². The lowest BCUT2D eigenvalue weighted by Crippen LogP contribution is -2.38. The van der Waals surface area contributed by atoms with Gasteiger partial charge in [0.05, 0.1) is 24.1 Å². The van der Waals surface area contributed by atoms with Crippen LogP contribution in [0.15, 0.2) is 54.6 Å². The summed E-state index contributed by atoms with van der Waals surface area (Å²) in [5.74, 6) is -1.18. The van der Waals surface area contributed by atoms with Gasteiger partial charge in [0.1, 0.15) is 6.54 Å². The second-order valence-corrected chi connectivity index (χ2v) is 7.33. The number of ether oxygens (including phenoxy) is 1. The van der Waals surface area contributed by atoms with Crippen LogP contribution in [-0.2, 0) is 19.6 Å². The number of esters is 1. The van der Waals surface area contributed by atoms with Crippen LogP contribution in [0.4, 0.5) is 11.4 Å². The minimum absolute atomic E-state index is 0.0762. The molecule has 0 bridgehead atoms. The molecule has 1 amide bonds. The van der Waals surface area contributed by atoms with E-state index in [1.807, 2.05) is 0 Å². The molecule has 0 unspecified atom stereocenters. The molecule has 0 spiro atoms. The third kappa shape index (κ3) is 5.06. The summed E-state index contributed by atoms with van der Waals surface area (Å²) in [7, 11) is -3.81. The maximum absolute atomic E-state index is 12.3. The molecule has 0 aliphatic rings. The van der Waals surface area contributed by atoms with Gasteiger partial charge in [-0.1, -0.05) is 30.3 Å². The summed E-state index contributed by atoms with van der Waals surface area (Å²) in [5, 5.41) is 2.63. The summed E-state index contributed by atoms with van der Waals surface area (Å²) in [6, 6.07) is 14.8. The number of sulfonamides is 1. The van der Waals surface area contributed by atoms with Gasteiger partial charge in [-0.2, -0.15) is 0 Å². The maximum Gasteiger partial charge on any atom is 0.340 e. The van der Waals surface area contributed by atoms with Crippen LogP contribution in [0, 0.1) is 0 Å². The quantitative estimate of drug-likeness (QED) is 0.748. The van der Waals surface area contributed by atoms with Crippen LogP contribution in [0.2, 0.25) is 0 Å². The molecule has 0 aliphatic carbocycles. The summed E-state index contributed by atoms with van der Waals surface area (Å²) in [6.45, 7) is 1.34. The van der Waals surface area contributed by atoms with E-state index in [1.54, 1.807) is 49.4 Å². The minimum atomic E-state index is -3.81. The van der Waals surface area contributed by atoms with Crippen LogP contribution < -0.4 is 9.62 Å². The zero-order chi connectivity index (χ0) is 19.2. The van der Waals surface area contributed by atoms with Gasteiger partial charge in [-0.25, -0.2) is 13.2 Å². The summed E-state index contributed by atoms with van der Waals surface area (Å²) in [4.78, 5) is 24.4. The van der Waals surface area contributed by atoms with Gasteiger partial charge in [0.15, 0.2) is 0 Å². The van der Waals surface area contributed by atoms with E-state index >= 15 is 0 Å². The zero-order valence-corrected chi connectivity index (χ0v) is 15.3. The van der Waals surface area contributed by atoms with Crippen molar-refractivity contribution in [2.75, 3.05) is 29.0 Å². The fourth-order valence-electron chi connectivity index (χ4n) is 2.31. The molecule has 0 fully saturated rings. The van der Waals surface area contributed by atoms with Gasteiger partial charge in [0.25, 0.3) is 0 Å². The molecule has 2 aromatic rings. The van der Waals surface area contributed by atoms with Crippen LogP contribution >= 0.6 is 0 Å². The highest BCUT2D eigenvalue weighted by atomic mass is 32.2. The minimum Gasteiger partial charge on any atom is -0.462 e. The molecule has 7 nitrogen and oxygen atoms in total. The zero-order valence-electron chi connectivity index (χ0n) is 14.5. The van der Waals surface area contributed by atoms with E-state index in [0.717, 1.165) is 10.6 Å². The summed E-state index contributed by atoms with van der Waals surface area (Å²) >= 11 is 0. The predicted octanol–water partition coefficient (Wildman–Crippen LogP) is 2.27. The molecule has 8 heteroatoms. The lowest BCUT2D eigenvalue weighted by molar-refractivity contribution is -0.114. The van der Waals surface area contributed by atoms with Crippen LogP contribution in [-0.4, -0.2) is 39.7 Å². The fourth-order valence-corrected chi connectivity index (χ4v) is 3.17. The molecule has 2 rings (SSSR count). The summed E-state index contributed by atoms with van der Waals surface area (Å²) < 4.78 is 30.4. The Morgan fingerprint density at radius 2 is 1.65 bits per heavy atom. The van der Waals surface area contributed by atoms with E-state index < -0.39 is 28.4 Å². The highest BCUT2D eigenvalue weighted by Gasteiger charge is 2.25. The van der Waals surface area contributed by atoms with Crippen molar-refractivity contribution in [1.82, 2.24) is 0 Å². The van der Waals surface area contributed by atoms with Crippen LogP contribution in [0.3, 0.4) is 0 Å². The summed E-state index contributed by atoms with van der Waals surface area (Å²) in [6.07, 6.45) is 0.977. The lowest BCUT2D eigenvalue weighted by Gasteiger charge is -2.23. The van der Waals surface area contributed by atoms with Crippen LogP contribution in [0.1, 0.15) is 17.3 Å². The first-order valence-corrected chi connectivity index (χ1v) is 9.76. The van der Waals surface area contributed by atoms with E-state index in [4.69, 9.17) is 4.74 Å². The van der Waals surface area contributed by atoms with Crippen molar-refractivity contribution in [3.05, 3.63) is 60.2 Å². The molecular formula is C18H20N2O5S. The lowest BCUT2D eigenvalue weighted by atomic mass is 10.2. The number of carbonyl (C=O) groups is 2. The Morgan fingerprint density at radius 1 is 1.04 bits per heavy atom. The summed E-state index contributed by atoms with van der Waals surface area (Å²) in [5.41, 5.74) is 0.716. The largest absolute Gasteiger partial charge is 0.462 e. The van der Waals surface area contributed by atoms with E-state index in [0.29, 0.717) is 5.69 Å². The number of hydrogen-bond donors (Lipinski definition) is 1. The highest BCUT2D eigenvalue weighted by molar-refractivity contribution is 7.92. The number of anilines is 2. The Morgan fingerprint density at radius 3 is 2.27 bits per heavy atom. The first-order valence-electron chi connectivity index (χ1n) is 7.91. The number of amides is 1. The highest BCUT2D eigenvalue weighted by Crippen LogP contribution is 2.24. The number of nitrogens with zero attached hydrogens (tertiary/aromatic N) is 1. The van der Waals surface area contributed by atoms with Crippen molar-refractivity contribution in [3.8, 4) is 0 Å². The first-order chi connectivity index (χ1) is 12.3. The third-order valence-electron chi connectivity index (χ3n) is 3.41. The number of hydrogen-bond acceptors (Lipinski definition) is 5. The normalized spacial score (nSPS) is 10.8. The standard InChI is InChI=1S/C18H20N2O5S/c1-3-25-18(22)15-11-7-8-12-16(15)20(26(2,23)24)13-17(21)19-14-9-5-4-6-10-14/h4-12H,3,13H2,1-2H3,(H,19,21). The molecule has 0 radical (unpaired) electrons. The van der Waals surface area contributed by atoms with E-state index in [9.17, 15) is 18.0 Å². The molecule has 0 atom stereocenters. The van der Waals surface area contributed by atoms with Crippen molar-refractivity contribution < 1.29 is 22.7 Å². The molecule has 0 saturated heterocycles. The van der Waals surface area contributed by atoms with Gasteiger partial charge in [-0.3, -0.25) is 9.10 Å². The smallest absolute Gasteiger partial charge is 0.340 e. The Labute approximate surface area is 152 Å². The van der Waals surface area contributed by atoms with Crippen molar-refractivity contribution in [1.29, 1.82) is 0 Å². The van der Waals surface area contributed by atoms with Gasteiger partial charge in [0, 0.05) is 5.69 Å². The molecule has 0 aromatic heterocycles. The van der Waals surface area contributed by atoms with Gasteiger partial charge >= 0.3 is 5.97 Å². The molecular weight excluding hydrogens is 356 g/mol. The number of nitrogens with one attached hydrogen (secondary N) is 1. The van der Waals surface area contributed by atoms with E-state index in [-0.39, 0.29) is 17.9 Å². The number of rotatable bonds is 7. The van der Waals surface area contributed by atoms with Crippen molar-refractivity contribution in [2.45, 2.75) is 6.92 Å². The fraction of sp³-hybridized carbons (Fsp3) is 0.222. The van der Waals surface area contributed by atoms with Crippen LogP contribution in [0.25, 0.3) is 0 Å². The molecule has 1 N–H and O–H groups in total. The first kappa shape index (κ1) is 19.5. The van der Waals surface area contributed by atoms with Gasteiger partial charge < -0.3 is 10.1 Å². The van der Waals surface area contributed by atoms with Crippen molar-refractivity contribution >= 4 is 33.3 Å². The second kappa shape index (κ2) is 8.48. The molecule has 138 valence electrons. The maximum atomic E-state index is 12.3. The molecule has 26 heavy (non-hydrogen) atoms. The Balaban J connectivity index is 2.32. The molecule has 0 heterocycles. The van der Waals surface area contributed by atoms with Gasteiger partial charge in [0.2, 0.25) is 15.9 Å². The Kier molecular flexibility index (Phi) is 6.35. The van der Waals surface area contributed by atoms with Gasteiger partial charge in [-0.05, 0) is 31.2 Å². The Bertz CT molecular complexity index is 881. The predicted molar refractivity (Wildman–Crippen MR) is 99.7 cm³/mol. The topological polar surface area (TPSA) is 92.8 Å². The average Bonchev–Trinajstić information content (AvgIpc) is 2.60. The average molecular weight is 376 g/mol. The molecule has 0 saturated carbocycles. The molecule has 2 aromatic carbocycles. The number of carbonyl (C=O) groups excluding carboxylic acids is 2. The van der Waals surface area contributed by atoms with Crippen LogP contribution in [0.5, 0.6) is 0 Å². The number of benzene rings is 2. The molecule has 0 aliphatic heterocycles. The van der Waals surface area contributed by atoms with Gasteiger partial charge in [-0.15, -0.1) is 0 Å². The third-order valence-corrected chi connectivity index (χ3v) is 4.54. The number of para-hydroxylation sites is 2. The monoisotopic (exact) mass is 376 g/mol. The second-order valence-electron chi connectivity index (χ2n) is 5.42. The SMILES string of the molecule is CCOC(=O)c1ccccc1N(CC(=O)Nc1ccccc1)S(C)(=O)=O. The van der Waals surface area contributed by atoms with Crippen molar-refractivity contribution in [2.24, 2.45) is 0 Å².